The fourth-order valence-electron chi connectivity index (χ4n) is 3.47. The summed E-state index contributed by atoms with van der Waals surface area (Å²) in [5.74, 6) is -0.177. The van der Waals surface area contributed by atoms with E-state index in [-0.39, 0.29) is 11.5 Å². The average Bonchev–Trinajstić information content (AvgIpc) is 3.15. The molecule has 0 bridgehead atoms. The Kier molecular flexibility index (Phi) is 4.54. The number of nitrogens with one attached hydrogen (secondary N) is 1. The highest BCUT2D eigenvalue weighted by atomic mass is 32.1. The predicted octanol–water partition coefficient (Wildman–Crippen LogP) is 5.05. The summed E-state index contributed by atoms with van der Waals surface area (Å²) in [4.78, 5) is 26.3. The molecule has 2 heterocycles. The third-order valence-electron chi connectivity index (χ3n) is 4.83. The van der Waals surface area contributed by atoms with Gasteiger partial charge in [-0.25, -0.2) is 0 Å². The van der Waals surface area contributed by atoms with Crippen LogP contribution in [0.2, 0.25) is 0 Å². The van der Waals surface area contributed by atoms with Gasteiger partial charge in [-0.3, -0.25) is 9.59 Å². The lowest BCUT2D eigenvalue weighted by Crippen LogP contribution is -2.19. The summed E-state index contributed by atoms with van der Waals surface area (Å²) in [7, 11) is 0. The van der Waals surface area contributed by atoms with Crippen molar-refractivity contribution < 1.29 is 4.79 Å². The Morgan fingerprint density at radius 2 is 1.78 bits per heavy atom. The van der Waals surface area contributed by atoms with Crippen LogP contribution >= 0.6 is 11.3 Å². The van der Waals surface area contributed by atoms with Crippen molar-refractivity contribution in [2.45, 2.75) is 26.8 Å². The van der Waals surface area contributed by atoms with Crippen molar-refractivity contribution in [1.82, 2.24) is 4.57 Å². The van der Waals surface area contributed by atoms with E-state index < -0.39 is 0 Å². The Hall–Kier alpha value is -2.92. The number of anilines is 1. The molecule has 0 spiro atoms. The topological polar surface area (TPSA) is 51.1 Å². The zero-order chi connectivity index (χ0) is 19.0. The van der Waals surface area contributed by atoms with E-state index in [1.54, 1.807) is 10.6 Å². The van der Waals surface area contributed by atoms with Gasteiger partial charge in [0.15, 0.2) is 0 Å². The third kappa shape index (κ3) is 2.94. The number of rotatable bonds is 4. The number of fused-ring (bicyclic) bond motifs is 3. The van der Waals surface area contributed by atoms with Crippen molar-refractivity contribution in [1.29, 1.82) is 0 Å². The van der Waals surface area contributed by atoms with E-state index in [1.807, 2.05) is 55.5 Å². The van der Waals surface area contributed by atoms with Gasteiger partial charge in [0.2, 0.25) is 0 Å². The van der Waals surface area contributed by atoms with E-state index in [1.165, 1.54) is 11.3 Å². The van der Waals surface area contributed by atoms with E-state index in [4.69, 9.17) is 0 Å². The molecule has 136 valence electrons. The summed E-state index contributed by atoms with van der Waals surface area (Å²) in [6, 6.07) is 17.4. The molecule has 4 aromatic rings. The Bertz CT molecular complexity index is 1220. The van der Waals surface area contributed by atoms with E-state index in [9.17, 15) is 9.59 Å². The maximum atomic E-state index is 12.9. The lowest BCUT2D eigenvalue weighted by atomic mass is 10.1. The third-order valence-corrected chi connectivity index (χ3v) is 6.00. The first-order valence-corrected chi connectivity index (χ1v) is 9.90. The van der Waals surface area contributed by atoms with E-state index in [0.29, 0.717) is 16.8 Å². The lowest BCUT2D eigenvalue weighted by Gasteiger charge is -2.08. The molecular weight excluding hydrogens is 356 g/mol. The summed E-state index contributed by atoms with van der Waals surface area (Å²) in [5.41, 5.74) is 2.77. The Morgan fingerprint density at radius 3 is 2.56 bits per heavy atom. The molecule has 0 saturated heterocycles. The second-order valence-electron chi connectivity index (χ2n) is 6.38. The molecule has 0 aliphatic rings. The van der Waals surface area contributed by atoms with Crippen LogP contribution < -0.4 is 10.9 Å². The number of carbonyl (C=O) groups excluding carboxylic acids is 1. The number of carbonyl (C=O) groups is 1. The number of thiophene rings is 1. The van der Waals surface area contributed by atoms with Crippen molar-refractivity contribution >= 4 is 43.9 Å². The molecule has 2 aromatic carbocycles. The molecule has 0 saturated carbocycles. The normalized spacial score (nSPS) is 11.2. The van der Waals surface area contributed by atoms with Gasteiger partial charge in [0, 0.05) is 22.3 Å². The summed E-state index contributed by atoms with van der Waals surface area (Å²) in [6.07, 6.45) is 0.842. The summed E-state index contributed by atoms with van der Waals surface area (Å²) in [5, 5.41) is 4.61. The van der Waals surface area contributed by atoms with Gasteiger partial charge < -0.3 is 9.88 Å². The van der Waals surface area contributed by atoms with Gasteiger partial charge in [-0.15, -0.1) is 11.3 Å². The van der Waals surface area contributed by atoms with Gasteiger partial charge in [-0.05, 0) is 37.1 Å². The van der Waals surface area contributed by atoms with Crippen molar-refractivity contribution in [3.8, 4) is 0 Å². The Labute approximate surface area is 161 Å². The molecule has 2 aromatic heterocycles. The number of hydrogen-bond donors (Lipinski definition) is 1. The number of aryl methyl sites for hydroxylation is 2. The molecule has 27 heavy (non-hydrogen) atoms. The molecule has 0 aliphatic carbocycles. The molecule has 4 rings (SSSR count). The first-order valence-electron chi connectivity index (χ1n) is 9.08. The largest absolute Gasteiger partial charge is 0.321 e. The number of pyridine rings is 1. The smallest absolute Gasteiger partial charge is 0.265 e. The molecule has 1 N–H and O–H groups in total. The van der Waals surface area contributed by atoms with Crippen molar-refractivity contribution in [2.75, 3.05) is 5.32 Å². The van der Waals surface area contributed by atoms with E-state index in [0.717, 1.165) is 33.3 Å². The Morgan fingerprint density at radius 1 is 1.04 bits per heavy atom. The van der Waals surface area contributed by atoms with Crippen molar-refractivity contribution in [3.63, 3.8) is 0 Å². The van der Waals surface area contributed by atoms with Gasteiger partial charge in [-0.1, -0.05) is 43.3 Å². The van der Waals surface area contributed by atoms with Crippen LogP contribution in [0.15, 0.2) is 59.4 Å². The average molecular weight is 376 g/mol. The number of hydrogen-bond acceptors (Lipinski definition) is 3. The monoisotopic (exact) mass is 376 g/mol. The second kappa shape index (κ2) is 7.00. The molecule has 4 nitrogen and oxygen atoms in total. The van der Waals surface area contributed by atoms with Crippen LogP contribution in [0.5, 0.6) is 0 Å². The summed E-state index contributed by atoms with van der Waals surface area (Å²) >= 11 is 1.38. The van der Waals surface area contributed by atoms with E-state index in [2.05, 4.69) is 12.2 Å². The number of para-hydroxylation sites is 2. The standard InChI is InChI=1S/C22H20N2O2S/c1-3-14-9-5-7-11-17(14)23-21(25)19-13-16-20(27-19)15-10-6-8-12-18(15)24(4-2)22(16)26/h5-13H,3-4H2,1-2H3,(H,23,25). The molecule has 1 amide bonds. The fourth-order valence-corrected chi connectivity index (χ4v) is 4.55. The minimum Gasteiger partial charge on any atom is -0.321 e. The van der Waals surface area contributed by atoms with Gasteiger partial charge in [-0.2, -0.15) is 0 Å². The minimum absolute atomic E-state index is 0.0459. The summed E-state index contributed by atoms with van der Waals surface area (Å²) < 4.78 is 2.63. The second-order valence-corrected chi connectivity index (χ2v) is 7.44. The van der Waals surface area contributed by atoms with Crippen LogP contribution in [-0.2, 0) is 13.0 Å². The van der Waals surface area contributed by atoms with Crippen molar-refractivity contribution in [2.24, 2.45) is 0 Å². The molecule has 0 aliphatic heterocycles. The fraction of sp³-hybridized carbons (Fsp3) is 0.182. The highest BCUT2D eigenvalue weighted by molar-refractivity contribution is 7.21. The quantitative estimate of drug-likeness (QED) is 0.542. The zero-order valence-corrected chi connectivity index (χ0v) is 16.1. The van der Waals surface area contributed by atoms with Crippen LogP contribution in [0.25, 0.3) is 21.0 Å². The Balaban J connectivity index is 1.84. The highest BCUT2D eigenvalue weighted by Gasteiger charge is 2.17. The maximum absolute atomic E-state index is 12.9. The van der Waals surface area contributed by atoms with Gasteiger partial charge in [0.05, 0.1) is 15.8 Å². The molecule has 0 unspecified atom stereocenters. The molecule has 0 atom stereocenters. The van der Waals surface area contributed by atoms with E-state index >= 15 is 0 Å². The van der Waals surface area contributed by atoms with Crippen LogP contribution in [0.3, 0.4) is 0 Å². The number of nitrogens with zero attached hydrogens (tertiary/aromatic N) is 1. The zero-order valence-electron chi connectivity index (χ0n) is 15.3. The molecule has 0 radical (unpaired) electrons. The SMILES string of the molecule is CCc1ccccc1NC(=O)c1cc2c(=O)n(CC)c3ccccc3c2s1. The van der Waals surface area contributed by atoms with Crippen LogP contribution in [-0.4, -0.2) is 10.5 Å². The van der Waals surface area contributed by atoms with Crippen LogP contribution in [0.4, 0.5) is 5.69 Å². The predicted molar refractivity (Wildman–Crippen MR) is 113 cm³/mol. The first-order chi connectivity index (χ1) is 13.1. The molecular formula is C22H20N2O2S. The number of benzene rings is 2. The minimum atomic E-state index is -0.177. The lowest BCUT2D eigenvalue weighted by molar-refractivity contribution is 0.103. The van der Waals surface area contributed by atoms with Crippen LogP contribution in [0, 0.1) is 0 Å². The maximum Gasteiger partial charge on any atom is 0.265 e. The van der Waals surface area contributed by atoms with Gasteiger partial charge in [0.25, 0.3) is 11.5 Å². The number of aromatic nitrogens is 1. The summed E-state index contributed by atoms with van der Waals surface area (Å²) in [6.45, 7) is 4.61. The molecule has 0 fully saturated rings. The van der Waals surface area contributed by atoms with Gasteiger partial charge >= 0.3 is 0 Å². The highest BCUT2D eigenvalue weighted by Crippen LogP contribution is 2.31. The van der Waals surface area contributed by atoms with Gasteiger partial charge in [0.1, 0.15) is 0 Å². The van der Waals surface area contributed by atoms with Crippen molar-refractivity contribution in [3.05, 3.63) is 75.4 Å². The molecule has 5 heteroatoms. The van der Waals surface area contributed by atoms with Crippen LogP contribution in [0.1, 0.15) is 29.1 Å². The number of amides is 1. The first kappa shape index (κ1) is 17.5.